The van der Waals surface area contributed by atoms with Crippen LogP contribution in [0.5, 0.6) is 0 Å². The normalized spacial score (nSPS) is 27.3. The molecule has 6 heteroatoms. The van der Waals surface area contributed by atoms with Gasteiger partial charge >= 0.3 is 0 Å². The Hall–Kier alpha value is -1.69. The van der Waals surface area contributed by atoms with Gasteiger partial charge in [0, 0.05) is 25.0 Å². The SMILES string of the molecule is NC(=O)c1cncc(N2CC[C@]3(CCCN(CCC4CCCCC4)C3)C2)n1. The lowest BCUT2D eigenvalue weighted by molar-refractivity contribution is 0.0970. The first-order valence-corrected chi connectivity index (χ1v) is 10.7. The van der Waals surface area contributed by atoms with Crippen molar-refractivity contribution in [1.29, 1.82) is 0 Å². The molecule has 1 amide bonds. The van der Waals surface area contributed by atoms with Gasteiger partial charge in [0.1, 0.15) is 11.5 Å². The van der Waals surface area contributed by atoms with E-state index in [1.807, 2.05) is 0 Å². The summed E-state index contributed by atoms with van der Waals surface area (Å²) in [6, 6.07) is 0. The van der Waals surface area contributed by atoms with E-state index in [1.165, 1.54) is 83.6 Å². The van der Waals surface area contributed by atoms with Crippen LogP contribution < -0.4 is 10.6 Å². The third kappa shape index (κ3) is 4.42. The van der Waals surface area contributed by atoms with Crippen molar-refractivity contribution in [3.05, 3.63) is 18.1 Å². The summed E-state index contributed by atoms with van der Waals surface area (Å²) in [6.07, 6.45) is 15.6. The van der Waals surface area contributed by atoms with Gasteiger partial charge in [-0.05, 0) is 44.7 Å². The molecule has 6 nitrogen and oxygen atoms in total. The fraction of sp³-hybridized carbons (Fsp3) is 0.762. The molecule has 148 valence electrons. The second kappa shape index (κ2) is 8.13. The molecule has 27 heavy (non-hydrogen) atoms. The van der Waals surface area contributed by atoms with E-state index in [0.717, 1.165) is 24.8 Å². The fourth-order valence-electron chi connectivity index (χ4n) is 5.43. The van der Waals surface area contributed by atoms with E-state index in [4.69, 9.17) is 5.73 Å². The number of aromatic nitrogens is 2. The van der Waals surface area contributed by atoms with Crippen LogP contribution in [-0.2, 0) is 0 Å². The molecule has 1 aromatic rings. The largest absolute Gasteiger partial charge is 0.364 e. The first kappa shape index (κ1) is 18.7. The van der Waals surface area contributed by atoms with Crippen LogP contribution in [0, 0.1) is 11.3 Å². The standard InChI is InChI=1S/C21H33N5O/c22-20(27)18-13-23-14-19(24-18)26-12-9-21(16-26)8-4-10-25(15-21)11-7-17-5-2-1-3-6-17/h13-14,17H,1-12,15-16H2,(H2,22,27)/t21-/m0/s1. The van der Waals surface area contributed by atoms with E-state index in [2.05, 4.69) is 19.8 Å². The minimum Gasteiger partial charge on any atom is -0.364 e. The summed E-state index contributed by atoms with van der Waals surface area (Å²) < 4.78 is 0. The van der Waals surface area contributed by atoms with Crippen LogP contribution in [-0.4, -0.2) is 53.5 Å². The Morgan fingerprint density at radius 1 is 1.11 bits per heavy atom. The van der Waals surface area contributed by atoms with E-state index in [-0.39, 0.29) is 5.69 Å². The van der Waals surface area contributed by atoms with Gasteiger partial charge in [0.05, 0.1) is 12.4 Å². The molecule has 1 saturated carbocycles. The highest BCUT2D eigenvalue weighted by Gasteiger charge is 2.41. The topological polar surface area (TPSA) is 75.4 Å². The average Bonchev–Trinajstić information content (AvgIpc) is 3.10. The number of nitrogens with two attached hydrogens (primary N) is 1. The Bertz CT molecular complexity index is 660. The van der Waals surface area contributed by atoms with Crippen molar-refractivity contribution >= 4 is 11.7 Å². The van der Waals surface area contributed by atoms with Crippen molar-refractivity contribution in [1.82, 2.24) is 14.9 Å². The second-order valence-corrected chi connectivity index (χ2v) is 8.97. The van der Waals surface area contributed by atoms with Crippen LogP contribution in [0.2, 0.25) is 0 Å². The molecule has 2 N–H and O–H groups in total. The van der Waals surface area contributed by atoms with Crippen LogP contribution in [0.15, 0.2) is 12.4 Å². The van der Waals surface area contributed by atoms with Gasteiger partial charge in [0.25, 0.3) is 5.91 Å². The number of likely N-dealkylation sites (tertiary alicyclic amines) is 1. The van der Waals surface area contributed by atoms with E-state index < -0.39 is 5.91 Å². The van der Waals surface area contributed by atoms with Crippen LogP contribution in [0.4, 0.5) is 5.82 Å². The van der Waals surface area contributed by atoms with E-state index in [1.54, 1.807) is 6.20 Å². The number of amides is 1. The van der Waals surface area contributed by atoms with Crippen molar-refractivity contribution in [2.75, 3.05) is 37.6 Å². The molecule has 4 rings (SSSR count). The monoisotopic (exact) mass is 371 g/mol. The van der Waals surface area contributed by atoms with Crippen molar-refractivity contribution in [2.24, 2.45) is 17.1 Å². The minimum absolute atomic E-state index is 0.256. The first-order valence-electron chi connectivity index (χ1n) is 10.7. The van der Waals surface area contributed by atoms with Crippen molar-refractivity contribution < 1.29 is 4.79 Å². The summed E-state index contributed by atoms with van der Waals surface area (Å²) in [5.41, 5.74) is 5.99. The van der Waals surface area contributed by atoms with Crippen LogP contribution in [0.3, 0.4) is 0 Å². The highest BCUT2D eigenvalue weighted by atomic mass is 16.1. The van der Waals surface area contributed by atoms with Crippen LogP contribution in [0.1, 0.15) is 68.3 Å². The molecule has 0 unspecified atom stereocenters. The molecule has 1 aliphatic carbocycles. The number of carbonyl (C=O) groups excluding carboxylic acids is 1. The summed E-state index contributed by atoms with van der Waals surface area (Å²) in [6.45, 7) is 5.74. The fourth-order valence-corrected chi connectivity index (χ4v) is 5.43. The molecule has 0 radical (unpaired) electrons. The van der Waals surface area contributed by atoms with Crippen molar-refractivity contribution in [3.63, 3.8) is 0 Å². The van der Waals surface area contributed by atoms with Gasteiger partial charge in [-0.3, -0.25) is 9.78 Å². The van der Waals surface area contributed by atoms with E-state index in [9.17, 15) is 4.79 Å². The smallest absolute Gasteiger partial charge is 0.268 e. The van der Waals surface area contributed by atoms with Gasteiger partial charge < -0.3 is 15.5 Å². The Kier molecular flexibility index (Phi) is 5.62. The number of hydrogen-bond donors (Lipinski definition) is 1. The molecular formula is C21H33N5O. The zero-order valence-electron chi connectivity index (χ0n) is 16.4. The molecule has 3 heterocycles. The maximum absolute atomic E-state index is 11.4. The number of anilines is 1. The van der Waals surface area contributed by atoms with Crippen LogP contribution >= 0.6 is 0 Å². The Labute approximate surface area is 162 Å². The van der Waals surface area contributed by atoms with Gasteiger partial charge in [-0.2, -0.15) is 0 Å². The van der Waals surface area contributed by atoms with Gasteiger partial charge in [-0.25, -0.2) is 4.98 Å². The summed E-state index contributed by atoms with van der Waals surface area (Å²) in [4.78, 5) is 25.0. The summed E-state index contributed by atoms with van der Waals surface area (Å²) in [5.74, 6) is 1.25. The summed E-state index contributed by atoms with van der Waals surface area (Å²) >= 11 is 0. The molecule has 0 bridgehead atoms. The number of primary amides is 1. The Balaban J connectivity index is 1.34. The number of carbonyl (C=O) groups is 1. The highest BCUT2D eigenvalue weighted by Crippen LogP contribution is 2.40. The zero-order chi connectivity index (χ0) is 18.7. The predicted molar refractivity (Wildman–Crippen MR) is 107 cm³/mol. The lowest BCUT2D eigenvalue weighted by Gasteiger charge is -2.41. The van der Waals surface area contributed by atoms with Gasteiger partial charge in [0.2, 0.25) is 0 Å². The molecule has 1 atom stereocenters. The third-order valence-corrected chi connectivity index (χ3v) is 6.96. The molecule has 2 aliphatic heterocycles. The Morgan fingerprint density at radius 2 is 1.96 bits per heavy atom. The van der Waals surface area contributed by atoms with Gasteiger partial charge in [-0.1, -0.05) is 32.1 Å². The molecule has 2 saturated heterocycles. The second-order valence-electron chi connectivity index (χ2n) is 8.97. The maximum atomic E-state index is 11.4. The maximum Gasteiger partial charge on any atom is 0.268 e. The van der Waals surface area contributed by atoms with Gasteiger partial charge in [0.15, 0.2) is 0 Å². The lowest BCUT2D eigenvalue weighted by atomic mass is 9.79. The van der Waals surface area contributed by atoms with Gasteiger partial charge in [-0.15, -0.1) is 0 Å². The van der Waals surface area contributed by atoms with Crippen molar-refractivity contribution in [2.45, 2.75) is 57.8 Å². The van der Waals surface area contributed by atoms with Crippen LogP contribution in [0.25, 0.3) is 0 Å². The van der Waals surface area contributed by atoms with Crippen molar-refractivity contribution in [3.8, 4) is 0 Å². The molecule has 3 aliphatic rings. The number of hydrogen-bond acceptors (Lipinski definition) is 5. The van der Waals surface area contributed by atoms with E-state index >= 15 is 0 Å². The molecule has 0 aromatic carbocycles. The summed E-state index contributed by atoms with van der Waals surface area (Å²) in [7, 11) is 0. The Morgan fingerprint density at radius 3 is 2.78 bits per heavy atom. The highest BCUT2D eigenvalue weighted by molar-refractivity contribution is 5.90. The minimum atomic E-state index is -0.509. The first-order chi connectivity index (χ1) is 13.1. The molecule has 1 spiro atoms. The predicted octanol–water partition coefficient (Wildman–Crippen LogP) is 2.84. The molecule has 1 aromatic heterocycles. The average molecular weight is 372 g/mol. The summed E-state index contributed by atoms with van der Waals surface area (Å²) in [5, 5.41) is 0. The quantitative estimate of drug-likeness (QED) is 0.861. The lowest BCUT2D eigenvalue weighted by Crippen LogP contribution is -2.45. The molecule has 3 fully saturated rings. The van der Waals surface area contributed by atoms with E-state index in [0.29, 0.717) is 5.41 Å². The number of nitrogens with zero attached hydrogens (tertiary/aromatic N) is 4. The zero-order valence-corrected chi connectivity index (χ0v) is 16.4. The third-order valence-electron chi connectivity index (χ3n) is 6.96. The number of piperidine rings is 1. The molecular weight excluding hydrogens is 338 g/mol. The number of rotatable bonds is 5.